The summed E-state index contributed by atoms with van der Waals surface area (Å²) >= 11 is 7.80. The third kappa shape index (κ3) is 4.60. The second-order valence-electron chi connectivity index (χ2n) is 7.32. The number of ether oxygens (including phenoxy) is 2. The number of hydrogen-bond acceptors (Lipinski definition) is 6. The molecule has 2 aromatic heterocycles. The highest BCUT2D eigenvalue weighted by atomic mass is 35.5. The molecule has 176 valence electrons. The molecule has 1 amide bonds. The first-order chi connectivity index (χ1) is 15.7. The largest absolute Gasteiger partial charge is 0.493 e. The minimum absolute atomic E-state index is 0.0636. The van der Waals surface area contributed by atoms with Crippen LogP contribution in [0, 0.1) is 0 Å². The monoisotopic (exact) mass is 500 g/mol. The Kier molecular flexibility index (Phi) is 6.44. The van der Waals surface area contributed by atoms with E-state index in [2.05, 4.69) is 15.7 Å². The molecule has 3 heterocycles. The lowest BCUT2D eigenvalue weighted by Crippen LogP contribution is -2.36. The molecule has 0 saturated carbocycles. The topological polar surface area (TPSA) is 77.4 Å². The molecule has 1 aliphatic heterocycles. The van der Waals surface area contributed by atoms with Crippen molar-refractivity contribution in [2.24, 2.45) is 0 Å². The number of aromatic nitrogens is 2. The maximum absolute atomic E-state index is 14.0. The number of methoxy groups -OCH3 is 2. The van der Waals surface area contributed by atoms with Gasteiger partial charge in [-0.25, -0.2) is 4.68 Å². The van der Waals surface area contributed by atoms with Crippen LogP contribution in [-0.2, 0) is 6.54 Å². The van der Waals surface area contributed by atoms with Crippen LogP contribution in [0.5, 0.6) is 11.5 Å². The first-order valence-electron chi connectivity index (χ1n) is 9.86. The number of fused-ring (bicyclic) bond motifs is 1. The number of rotatable bonds is 6. The van der Waals surface area contributed by atoms with E-state index in [4.69, 9.17) is 21.1 Å². The summed E-state index contributed by atoms with van der Waals surface area (Å²) in [5.41, 5.74) is 0.284. The highest BCUT2D eigenvalue weighted by Crippen LogP contribution is 2.47. The molecule has 1 aromatic carbocycles. The molecule has 0 bridgehead atoms. The lowest BCUT2D eigenvalue weighted by Gasteiger charge is -2.33. The van der Waals surface area contributed by atoms with E-state index in [1.54, 1.807) is 18.2 Å². The highest BCUT2D eigenvalue weighted by Gasteiger charge is 2.48. The van der Waals surface area contributed by atoms with Crippen LogP contribution < -0.4 is 20.1 Å². The first kappa shape index (κ1) is 23.2. The number of alkyl halides is 3. The van der Waals surface area contributed by atoms with Gasteiger partial charge in [-0.05, 0) is 29.1 Å². The predicted molar refractivity (Wildman–Crippen MR) is 118 cm³/mol. The molecule has 0 unspecified atom stereocenters. The molecule has 0 saturated heterocycles. The van der Waals surface area contributed by atoms with Crippen LogP contribution >= 0.6 is 22.9 Å². The summed E-state index contributed by atoms with van der Waals surface area (Å²) in [7, 11) is 2.92. The number of thiophene rings is 1. The summed E-state index contributed by atoms with van der Waals surface area (Å²) in [5.74, 6) is 0.128. The van der Waals surface area contributed by atoms with E-state index in [-0.39, 0.29) is 29.5 Å². The molecule has 4 rings (SSSR count). The summed E-state index contributed by atoms with van der Waals surface area (Å²) in [6.07, 6.45) is -4.95. The maximum Gasteiger partial charge on any atom is 0.410 e. The van der Waals surface area contributed by atoms with Gasteiger partial charge in [-0.15, -0.1) is 11.3 Å². The van der Waals surface area contributed by atoms with E-state index in [1.165, 1.54) is 25.6 Å². The molecule has 12 heteroatoms. The van der Waals surface area contributed by atoms with Gasteiger partial charge in [-0.1, -0.05) is 23.7 Å². The van der Waals surface area contributed by atoms with Crippen LogP contribution in [0.1, 0.15) is 39.4 Å². The van der Waals surface area contributed by atoms with Crippen molar-refractivity contribution in [3.63, 3.8) is 0 Å². The summed E-state index contributed by atoms with van der Waals surface area (Å²) in [6.45, 7) is 0.222. The van der Waals surface area contributed by atoms with E-state index < -0.39 is 24.2 Å². The van der Waals surface area contributed by atoms with Crippen LogP contribution in [0.15, 0.2) is 35.7 Å². The van der Waals surface area contributed by atoms with Crippen LogP contribution in [0.3, 0.4) is 0 Å². The van der Waals surface area contributed by atoms with Crippen molar-refractivity contribution in [3.8, 4) is 11.5 Å². The molecular weight excluding hydrogens is 481 g/mol. The van der Waals surface area contributed by atoms with Gasteiger partial charge in [-0.2, -0.15) is 18.3 Å². The summed E-state index contributed by atoms with van der Waals surface area (Å²) in [4.78, 5) is 13.5. The average Bonchev–Trinajstić information content (AvgIpc) is 3.43. The Labute approximate surface area is 196 Å². The van der Waals surface area contributed by atoms with Crippen molar-refractivity contribution < 1.29 is 27.4 Å². The Balaban J connectivity index is 1.66. The van der Waals surface area contributed by atoms with E-state index in [0.717, 1.165) is 9.56 Å². The number of carbonyl (C=O) groups is 1. The van der Waals surface area contributed by atoms with Gasteiger partial charge in [0.05, 0.1) is 26.8 Å². The number of nitrogens with zero attached hydrogens (tertiary/aromatic N) is 2. The molecule has 1 aliphatic rings. The van der Waals surface area contributed by atoms with Gasteiger partial charge in [0.15, 0.2) is 23.2 Å². The summed E-state index contributed by atoms with van der Waals surface area (Å²) < 4.78 is 53.2. The van der Waals surface area contributed by atoms with E-state index in [9.17, 15) is 18.0 Å². The zero-order chi connectivity index (χ0) is 23.8. The summed E-state index contributed by atoms with van der Waals surface area (Å²) in [6, 6.07) is 5.83. The first-order valence-corrected chi connectivity index (χ1v) is 11.1. The lowest BCUT2D eigenvalue weighted by molar-refractivity contribution is -0.173. The molecule has 0 radical (unpaired) electrons. The fourth-order valence-corrected chi connectivity index (χ4v) is 4.60. The SMILES string of the molecule is COc1ccc([C@@H]2C[C@@H](C(F)(F)F)n3nc(C(=O)NCc4cccs4)c(Cl)c3N2)cc1OC. The fraction of sp³-hybridized carbons (Fsp3) is 0.333. The standard InChI is InChI=1S/C21H20ClF3N4O3S/c1-31-14-6-5-11(8-15(14)32-2)13-9-16(21(23,24)25)29-19(27-13)17(22)18(28-29)20(30)26-10-12-4-3-7-33-12/h3-8,13,16,27H,9-10H2,1-2H3,(H,26,30)/t13-,16-/m0/s1. The van der Waals surface area contributed by atoms with Gasteiger partial charge in [0.2, 0.25) is 0 Å². The number of amides is 1. The Morgan fingerprint density at radius 1 is 1.30 bits per heavy atom. The van der Waals surface area contributed by atoms with Gasteiger partial charge in [-0.3, -0.25) is 4.79 Å². The average molecular weight is 501 g/mol. The lowest BCUT2D eigenvalue weighted by atomic mass is 9.96. The number of nitrogens with one attached hydrogen (secondary N) is 2. The molecule has 0 spiro atoms. The third-order valence-corrected chi connectivity index (χ3v) is 6.56. The van der Waals surface area contributed by atoms with Crippen molar-refractivity contribution in [1.29, 1.82) is 0 Å². The Morgan fingerprint density at radius 3 is 2.70 bits per heavy atom. The minimum atomic E-state index is -4.61. The molecule has 7 nitrogen and oxygen atoms in total. The van der Waals surface area contributed by atoms with Crippen LogP contribution in [0.2, 0.25) is 5.02 Å². The van der Waals surface area contributed by atoms with Crippen LogP contribution in [-0.4, -0.2) is 36.1 Å². The van der Waals surface area contributed by atoms with E-state index >= 15 is 0 Å². The van der Waals surface area contributed by atoms with Crippen LogP contribution in [0.25, 0.3) is 0 Å². The predicted octanol–water partition coefficient (Wildman–Crippen LogP) is 5.21. The molecule has 2 N–H and O–H groups in total. The second-order valence-corrected chi connectivity index (χ2v) is 8.73. The number of hydrogen-bond donors (Lipinski definition) is 2. The van der Waals surface area contributed by atoms with Gasteiger partial charge in [0.1, 0.15) is 10.8 Å². The van der Waals surface area contributed by atoms with Crippen molar-refractivity contribution in [2.75, 3.05) is 19.5 Å². The Morgan fingerprint density at radius 2 is 2.06 bits per heavy atom. The highest BCUT2D eigenvalue weighted by molar-refractivity contribution is 7.09. The molecule has 0 aliphatic carbocycles. The smallest absolute Gasteiger partial charge is 0.410 e. The number of benzene rings is 1. The zero-order valence-electron chi connectivity index (χ0n) is 17.6. The Bertz CT molecular complexity index is 1150. The molecule has 3 aromatic rings. The number of halogens is 4. The maximum atomic E-state index is 14.0. The Hall–Kier alpha value is -2.92. The molecule has 33 heavy (non-hydrogen) atoms. The summed E-state index contributed by atoms with van der Waals surface area (Å²) in [5, 5.41) is 11.3. The second kappa shape index (κ2) is 9.14. The number of anilines is 1. The molecule has 2 atom stereocenters. The van der Waals surface area contributed by atoms with E-state index in [1.807, 2.05) is 17.5 Å². The van der Waals surface area contributed by atoms with Gasteiger partial charge >= 0.3 is 6.18 Å². The van der Waals surface area contributed by atoms with Crippen molar-refractivity contribution in [1.82, 2.24) is 15.1 Å². The minimum Gasteiger partial charge on any atom is -0.493 e. The van der Waals surface area contributed by atoms with Crippen molar-refractivity contribution in [3.05, 3.63) is 56.9 Å². The van der Waals surface area contributed by atoms with Crippen molar-refractivity contribution >= 4 is 34.7 Å². The van der Waals surface area contributed by atoms with Crippen molar-refractivity contribution in [2.45, 2.75) is 31.2 Å². The van der Waals surface area contributed by atoms with Gasteiger partial charge in [0.25, 0.3) is 5.91 Å². The zero-order valence-corrected chi connectivity index (χ0v) is 19.1. The molecular formula is C21H20ClF3N4O3S. The third-order valence-electron chi connectivity index (χ3n) is 5.32. The number of carbonyl (C=O) groups excluding carboxylic acids is 1. The van der Waals surface area contributed by atoms with Gasteiger partial charge in [0, 0.05) is 11.3 Å². The fourth-order valence-electron chi connectivity index (χ4n) is 3.69. The van der Waals surface area contributed by atoms with Crippen LogP contribution in [0.4, 0.5) is 19.0 Å². The van der Waals surface area contributed by atoms with Gasteiger partial charge < -0.3 is 20.1 Å². The quantitative estimate of drug-likeness (QED) is 0.486. The normalized spacial score (nSPS) is 17.8. The van der Waals surface area contributed by atoms with E-state index in [0.29, 0.717) is 17.1 Å². The molecule has 0 fully saturated rings.